The molecule has 2 amide bonds. The first-order valence-electron chi connectivity index (χ1n) is 7.34. The van der Waals surface area contributed by atoms with Crippen molar-refractivity contribution in [1.82, 2.24) is 10.6 Å². The van der Waals surface area contributed by atoms with E-state index in [1.807, 2.05) is 6.07 Å². The first-order chi connectivity index (χ1) is 9.52. The molecule has 0 heterocycles. The molecule has 0 atom stereocenters. The maximum atomic E-state index is 13.5. The molecule has 1 saturated carbocycles. The Morgan fingerprint density at radius 1 is 1.35 bits per heavy atom. The number of hydrogen-bond acceptors (Lipinski definition) is 1. The van der Waals surface area contributed by atoms with Crippen LogP contribution in [0.2, 0.25) is 0 Å². The molecule has 0 aliphatic heterocycles. The molecule has 3 nitrogen and oxygen atoms in total. The van der Waals surface area contributed by atoms with Crippen molar-refractivity contribution >= 4 is 6.03 Å². The average Bonchev–Trinajstić information content (AvgIpc) is 2.86. The highest BCUT2D eigenvalue weighted by molar-refractivity contribution is 5.75. The van der Waals surface area contributed by atoms with Crippen molar-refractivity contribution in [3.63, 3.8) is 0 Å². The van der Waals surface area contributed by atoms with Gasteiger partial charge in [-0.25, -0.2) is 9.18 Å². The van der Waals surface area contributed by atoms with Crippen LogP contribution in [0.25, 0.3) is 0 Å². The zero-order chi connectivity index (χ0) is 14.6. The minimum Gasteiger partial charge on any atom is -0.338 e. The van der Waals surface area contributed by atoms with Crippen molar-refractivity contribution in [2.24, 2.45) is 5.92 Å². The van der Waals surface area contributed by atoms with Crippen molar-refractivity contribution in [3.8, 4) is 0 Å². The van der Waals surface area contributed by atoms with E-state index in [4.69, 9.17) is 0 Å². The highest BCUT2D eigenvalue weighted by Gasteiger charge is 2.37. The standard InChI is InChI=1S/C16H23FN2O/c1-12(2)11-18-15(20)19-16(8-3-4-9-16)13-6-5-7-14(17)10-13/h5-7,10,12H,3-4,8-9,11H2,1-2H3,(H2,18,19,20). The van der Waals surface area contributed by atoms with Crippen LogP contribution in [-0.2, 0) is 5.54 Å². The second kappa shape index (κ2) is 6.25. The van der Waals surface area contributed by atoms with Crippen LogP contribution in [0.4, 0.5) is 9.18 Å². The van der Waals surface area contributed by atoms with E-state index in [1.54, 1.807) is 6.07 Å². The fourth-order valence-corrected chi connectivity index (χ4v) is 2.81. The summed E-state index contributed by atoms with van der Waals surface area (Å²) in [7, 11) is 0. The fourth-order valence-electron chi connectivity index (χ4n) is 2.81. The third kappa shape index (κ3) is 3.50. The van der Waals surface area contributed by atoms with Crippen molar-refractivity contribution in [2.75, 3.05) is 6.54 Å². The van der Waals surface area contributed by atoms with Crippen LogP contribution in [0.1, 0.15) is 45.1 Å². The van der Waals surface area contributed by atoms with Crippen LogP contribution >= 0.6 is 0 Å². The van der Waals surface area contributed by atoms with Crippen LogP contribution < -0.4 is 10.6 Å². The molecule has 0 radical (unpaired) electrons. The second-order valence-corrected chi connectivity index (χ2v) is 6.03. The Morgan fingerprint density at radius 2 is 2.05 bits per heavy atom. The van der Waals surface area contributed by atoms with Gasteiger partial charge < -0.3 is 10.6 Å². The van der Waals surface area contributed by atoms with Gasteiger partial charge in [0.15, 0.2) is 0 Å². The van der Waals surface area contributed by atoms with Gasteiger partial charge in [0.1, 0.15) is 5.82 Å². The molecule has 0 saturated heterocycles. The molecule has 2 N–H and O–H groups in total. The van der Waals surface area contributed by atoms with E-state index in [1.165, 1.54) is 12.1 Å². The van der Waals surface area contributed by atoms with Gasteiger partial charge in [0.2, 0.25) is 0 Å². The zero-order valence-electron chi connectivity index (χ0n) is 12.2. The molecule has 1 aromatic carbocycles. The summed E-state index contributed by atoms with van der Waals surface area (Å²) in [6, 6.07) is 6.42. The third-order valence-corrected chi connectivity index (χ3v) is 3.86. The molecule has 4 heteroatoms. The van der Waals surface area contributed by atoms with Crippen molar-refractivity contribution < 1.29 is 9.18 Å². The molecule has 2 rings (SSSR count). The minimum absolute atomic E-state index is 0.162. The summed E-state index contributed by atoms with van der Waals surface area (Å²) < 4.78 is 13.5. The summed E-state index contributed by atoms with van der Waals surface area (Å²) in [6.07, 6.45) is 3.85. The SMILES string of the molecule is CC(C)CNC(=O)NC1(c2cccc(F)c2)CCCC1. The number of amides is 2. The van der Waals surface area contributed by atoms with Crippen molar-refractivity contribution in [1.29, 1.82) is 0 Å². The van der Waals surface area contributed by atoms with E-state index < -0.39 is 5.54 Å². The van der Waals surface area contributed by atoms with E-state index >= 15 is 0 Å². The summed E-state index contributed by atoms with van der Waals surface area (Å²) >= 11 is 0. The largest absolute Gasteiger partial charge is 0.338 e. The van der Waals surface area contributed by atoms with Crippen LogP contribution in [0.5, 0.6) is 0 Å². The quantitative estimate of drug-likeness (QED) is 0.869. The van der Waals surface area contributed by atoms with Gasteiger partial charge in [0.05, 0.1) is 5.54 Å². The summed E-state index contributed by atoms with van der Waals surface area (Å²) in [4.78, 5) is 12.1. The molecule has 0 unspecified atom stereocenters. The van der Waals surface area contributed by atoms with Gasteiger partial charge in [0.25, 0.3) is 0 Å². The third-order valence-electron chi connectivity index (χ3n) is 3.86. The lowest BCUT2D eigenvalue weighted by atomic mass is 9.88. The van der Waals surface area contributed by atoms with Crippen LogP contribution in [0.3, 0.4) is 0 Å². The smallest absolute Gasteiger partial charge is 0.315 e. The molecule has 20 heavy (non-hydrogen) atoms. The summed E-state index contributed by atoms with van der Waals surface area (Å²) in [5.41, 5.74) is 0.457. The Bertz CT molecular complexity index is 467. The molecule has 1 aromatic rings. The summed E-state index contributed by atoms with van der Waals surface area (Å²) in [6.45, 7) is 4.75. The number of rotatable bonds is 4. The van der Waals surface area contributed by atoms with Crippen molar-refractivity contribution in [3.05, 3.63) is 35.6 Å². The van der Waals surface area contributed by atoms with Gasteiger partial charge in [-0.15, -0.1) is 0 Å². The monoisotopic (exact) mass is 278 g/mol. The molecule has 0 spiro atoms. The topological polar surface area (TPSA) is 41.1 Å². The first-order valence-corrected chi connectivity index (χ1v) is 7.34. The molecule has 1 aliphatic carbocycles. The van der Waals surface area contributed by atoms with E-state index in [0.29, 0.717) is 12.5 Å². The minimum atomic E-state index is -0.414. The number of hydrogen-bond donors (Lipinski definition) is 2. The lowest BCUT2D eigenvalue weighted by molar-refractivity contribution is 0.223. The maximum absolute atomic E-state index is 13.5. The number of nitrogens with one attached hydrogen (secondary N) is 2. The number of halogens is 1. The van der Waals surface area contributed by atoms with Gasteiger partial charge in [-0.1, -0.05) is 38.8 Å². The molecule has 1 aliphatic rings. The van der Waals surface area contributed by atoms with Gasteiger partial charge in [-0.3, -0.25) is 0 Å². The predicted molar refractivity (Wildman–Crippen MR) is 77.9 cm³/mol. The van der Waals surface area contributed by atoms with Crippen molar-refractivity contribution in [2.45, 2.75) is 45.1 Å². The summed E-state index contributed by atoms with van der Waals surface area (Å²) in [5, 5.41) is 5.95. The summed E-state index contributed by atoms with van der Waals surface area (Å²) in [5.74, 6) is 0.160. The number of urea groups is 1. The van der Waals surface area contributed by atoms with Gasteiger partial charge >= 0.3 is 6.03 Å². The van der Waals surface area contributed by atoms with E-state index in [0.717, 1.165) is 31.2 Å². The first kappa shape index (κ1) is 14.8. The molecule has 0 aromatic heterocycles. The number of carbonyl (C=O) groups is 1. The van der Waals surface area contributed by atoms with Gasteiger partial charge in [-0.2, -0.15) is 0 Å². The van der Waals surface area contributed by atoms with Crippen LogP contribution in [-0.4, -0.2) is 12.6 Å². The average molecular weight is 278 g/mol. The molecular formula is C16H23FN2O. The fraction of sp³-hybridized carbons (Fsp3) is 0.562. The van der Waals surface area contributed by atoms with E-state index in [-0.39, 0.29) is 11.8 Å². The highest BCUT2D eigenvalue weighted by atomic mass is 19.1. The van der Waals surface area contributed by atoms with Crippen LogP contribution in [0.15, 0.2) is 24.3 Å². The number of benzene rings is 1. The lowest BCUT2D eigenvalue weighted by Gasteiger charge is -2.31. The Labute approximate surface area is 120 Å². The second-order valence-electron chi connectivity index (χ2n) is 6.03. The van der Waals surface area contributed by atoms with E-state index in [9.17, 15) is 9.18 Å². The normalized spacial score (nSPS) is 17.2. The molecule has 1 fully saturated rings. The Kier molecular flexibility index (Phi) is 4.63. The predicted octanol–water partition coefficient (Wildman–Crippen LogP) is 3.55. The molecule has 110 valence electrons. The van der Waals surface area contributed by atoms with Crippen LogP contribution in [0, 0.1) is 11.7 Å². The Balaban J connectivity index is 2.12. The van der Waals surface area contributed by atoms with Gasteiger partial charge in [-0.05, 0) is 36.5 Å². The molecule has 0 bridgehead atoms. The Hall–Kier alpha value is -1.58. The zero-order valence-corrected chi connectivity index (χ0v) is 12.2. The lowest BCUT2D eigenvalue weighted by Crippen LogP contribution is -2.49. The maximum Gasteiger partial charge on any atom is 0.315 e. The van der Waals surface area contributed by atoms with Gasteiger partial charge in [0, 0.05) is 6.54 Å². The Morgan fingerprint density at radius 3 is 2.65 bits per heavy atom. The van der Waals surface area contributed by atoms with E-state index in [2.05, 4.69) is 24.5 Å². The highest BCUT2D eigenvalue weighted by Crippen LogP contribution is 2.38. The molecular weight excluding hydrogens is 255 g/mol. The number of carbonyl (C=O) groups excluding carboxylic acids is 1.